The van der Waals surface area contributed by atoms with E-state index in [9.17, 15) is 0 Å². The molecule has 4 nitrogen and oxygen atoms in total. The van der Waals surface area contributed by atoms with Crippen LogP contribution in [0.3, 0.4) is 0 Å². The summed E-state index contributed by atoms with van der Waals surface area (Å²) in [5.74, 6) is 0.272. The zero-order valence-corrected chi connectivity index (χ0v) is 14.3. The predicted molar refractivity (Wildman–Crippen MR) is 86.0 cm³/mol. The van der Waals surface area contributed by atoms with Crippen LogP contribution in [0.5, 0.6) is 5.75 Å². The predicted octanol–water partition coefficient (Wildman–Crippen LogP) is 4.50. The molecule has 0 aliphatic carbocycles. The number of hydrogen-bond acceptors (Lipinski definition) is 3. The minimum absolute atomic E-state index is 0.0763. The lowest BCUT2D eigenvalue weighted by molar-refractivity contribution is -0.139. The van der Waals surface area contributed by atoms with E-state index in [4.69, 9.17) is 25.8 Å². The van der Waals surface area contributed by atoms with Crippen LogP contribution in [0.2, 0.25) is 5.02 Å². The third-order valence-corrected chi connectivity index (χ3v) is 4.75. The Labute approximate surface area is 136 Å². The Morgan fingerprint density at radius 2 is 2.29 bits per heavy atom. The van der Waals surface area contributed by atoms with Gasteiger partial charge in [-0.15, -0.1) is 0 Å². The van der Waals surface area contributed by atoms with Gasteiger partial charge in [-0.1, -0.05) is 11.6 Å². The Kier molecular flexibility index (Phi) is 4.19. The molecule has 6 heteroatoms. The van der Waals surface area contributed by atoms with Gasteiger partial charge in [-0.3, -0.25) is 0 Å². The normalized spacial score (nSPS) is 21.0. The standard InChI is InChI=1S/C15H17BrClNO3/c1-15(2)20-8-9(21-15)5-6-19-12-7-18-11-4-3-10(16)14(17)13(11)12/h3-4,7,9,18H,5-6,8H2,1-2H3. The van der Waals surface area contributed by atoms with Crippen LogP contribution in [0.1, 0.15) is 20.3 Å². The molecule has 1 fully saturated rings. The molecule has 21 heavy (non-hydrogen) atoms. The van der Waals surface area contributed by atoms with Crippen molar-refractivity contribution >= 4 is 38.4 Å². The van der Waals surface area contributed by atoms with Gasteiger partial charge in [0.15, 0.2) is 5.79 Å². The number of halogens is 2. The quantitative estimate of drug-likeness (QED) is 0.856. The van der Waals surface area contributed by atoms with Crippen LogP contribution in [0.25, 0.3) is 10.9 Å². The maximum absolute atomic E-state index is 6.32. The first-order valence-corrected chi connectivity index (χ1v) is 8.03. The Bertz CT molecular complexity index is 656. The van der Waals surface area contributed by atoms with Gasteiger partial charge in [0.05, 0.1) is 35.2 Å². The fourth-order valence-corrected chi connectivity index (χ4v) is 3.04. The van der Waals surface area contributed by atoms with Crippen molar-refractivity contribution in [2.45, 2.75) is 32.2 Å². The number of aromatic amines is 1. The number of aromatic nitrogens is 1. The van der Waals surface area contributed by atoms with Gasteiger partial charge in [-0.25, -0.2) is 0 Å². The van der Waals surface area contributed by atoms with E-state index < -0.39 is 5.79 Å². The molecule has 2 heterocycles. The van der Waals surface area contributed by atoms with Crippen LogP contribution in [0.4, 0.5) is 0 Å². The molecular weight excluding hydrogens is 358 g/mol. The molecule has 1 saturated heterocycles. The van der Waals surface area contributed by atoms with E-state index in [0.717, 1.165) is 27.5 Å². The second kappa shape index (κ2) is 5.80. The van der Waals surface area contributed by atoms with Gasteiger partial charge in [-0.2, -0.15) is 0 Å². The summed E-state index contributed by atoms with van der Waals surface area (Å²) in [6.45, 7) is 5.01. The van der Waals surface area contributed by atoms with Gasteiger partial charge in [0.1, 0.15) is 5.75 Å². The minimum atomic E-state index is -0.486. The van der Waals surface area contributed by atoms with E-state index >= 15 is 0 Å². The Morgan fingerprint density at radius 1 is 1.48 bits per heavy atom. The first kappa shape index (κ1) is 15.2. The second-order valence-electron chi connectivity index (χ2n) is 5.52. The van der Waals surface area contributed by atoms with Crippen LogP contribution in [-0.2, 0) is 9.47 Å². The highest BCUT2D eigenvalue weighted by molar-refractivity contribution is 9.10. The van der Waals surface area contributed by atoms with Crippen molar-refractivity contribution < 1.29 is 14.2 Å². The highest BCUT2D eigenvalue weighted by Crippen LogP contribution is 2.37. The zero-order chi connectivity index (χ0) is 15.0. The van der Waals surface area contributed by atoms with Gasteiger partial charge in [0.25, 0.3) is 0 Å². The molecule has 1 N–H and O–H groups in total. The average molecular weight is 375 g/mol. The van der Waals surface area contributed by atoms with Gasteiger partial charge < -0.3 is 19.2 Å². The van der Waals surface area contributed by atoms with Crippen molar-refractivity contribution in [3.05, 3.63) is 27.8 Å². The molecule has 0 spiro atoms. The second-order valence-corrected chi connectivity index (χ2v) is 6.76. The highest BCUT2D eigenvalue weighted by atomic mass is 79.9. The molecule has 0 saturated carbocycles. The van der Waals surface area contributed by atoms with Crippen molar-refractivity contribution in [3.63, 3.8) is 0 Å². The fraction of sp³-hybridized carbons (Fsp3) is 0.467. The Hall–Kier alpha value is -0.750. The van der Waals surface area contributed by atoms with E-state index in [1.807, 2.05) is 32.2 Å². The lowest BCUT2D eigenvalue weighted by Gasteiger charge is -2.17. The Morgan fingerprint density at radius 3 is 3.00 bits per heavy atom. The van der Waals surface area contributed by atoms with Gasteiger partial charge >= 0.3 is 0 Å². The van der Waals surface area contributed by atoms with E-state index in [-0.39, 0.29) is 6.10 Å². The summed E-state index contributed by atoms with van der Waals surface area (Å²) in [4.78, 5) is 3.16. The fourth-order valence-electron chi connectivity index (χ4n) is 2.45. The molecule has 1 unspecified atom stereocenters. The number of hydrogen-bond donors (Lipinski definition) is 1. The molecule has 114 valence electrons. The van der Waals surface area contributed by atoms with Gasteiger partial charge in [0, 0.05) is 17.1 Å². The Balaban J connectivity index is 1.65. The lowest BCUT2D eigenvalue weighted by Crippen LogP contribution is -2.22. The van der Waals surface area contributed by atoms with E-state index in [0.29, 0.717) is 18.2 Å². The van der Waals surface area contributed by atoms with Crippen LogP contribution >= 0.6 is 27.5 Å². The van der Waals surface area contributed by atoms with Crippen LogP contribution in [-0.4, -0.2) is 30.1 Å². The van der Waals surface area contributed by atoms with Crippen LogP contribution in [0.15, 0.2) is 22.8 Å². The minimum Gasteiger partial charge on any atom is -0.491 e. The molecule has 0 radical (unpaired) electrons. The van der Waals surface area contributed by atoms with E-state index in [2.05, 4.69) is 20.9 Å². The third kappa shape index (κ3) is 3.21. The van der Waals surface area contributed by atoms with Crippen molar-refractivity contribution in [1.82, 2.24) is 4.98 Å². The molecule has 0 bridgehead atoms. The average Bonchev–Trinajstić information content (AvgIpc) is 2.98. The van der Waals surface area contributed by atoms with Gasteiger partial charge in [-0.05, 0) is 41.9 Å². The number of fused-ring (bicyclic) bond motifs is 1. The summed E-state index contributed by atoms with van der Waals surface area (Å²) < 4.78 is 18.0. The number of ether oxygens (including phenoxy) is 3. The first-order chi connectivity index (χ1) is 9.96. The molecule has 3 rings (SSSR count). The molecule has 1 aliphatic heterocycles. The number of H-pyrrole nitrogens is 1. The highest BCUT2D eigenvalue weighted by Gasteiger charge is 2.32. The summed E-state index contributed by atoms with van der Waals surface area (Å²) in [5.41, 5.74) is 0.958. The number of nitrogens with one attached hydrogen (secondary N) is 1. The largest absolute Gasteiger partial charge is 0.491 e. The summed E-state index contributed by atoms with van der Waals surface area (Å²) in [5, 5.41) is 1.56. The van der Waals surface area contributed by atoms with Crippen molar-refractivity contribution in [1.29, 1.82) is 0 Å². The van der Waals surface area contributed by atoms with E-state index in [1.54, 1.807) is 0 Å². The molecule has 1 aromatic heterocycles. The molecule has 1 aromatic carbocycles. The SMILES string of the molecule is CC1(C)OCC(CCOc2c[nH]c3ccc(Br)c(Cl)c23)O1. The monoisotopic (exact) mass is 373 g/mol. The lowest BCUT2D eigenvalue weighted by atomic mass is 10.2. The van der Waals surface area contributed by atoms with Crippen LogP contribution < -0.4 is 4.74 Å². The summed E-state index contributed by atoms with van der Waals surface area (Å²) in [6.07, 6.45) is 2.69. The first-order valence-electron chi connectivity index (χ1n) is 6.86. The molecule has 0 amide bonds. The number of benzene rings is 1. The molecule has 1 atom stereocenters. The maximum atomic E-state index is 6.32. The molecule has 1 aliphatic rings. The van der Waals surface area contributed by atoms with Gasteiger partial charge in [0.2, 0.25) is 0 Å². The van der Waals surface area contributed by atoms with Crippen molar-refractivity contribution in [2.75, 3.05) is 13.2 Å². The topological polar surface area (TPSA) is 43.5 Å². The summed E-state index contributed by atoms with van der Waals surface area (Å²) >= 11 is 9.76. The van der Waals surface area contributed by atoms with Crippen molar-refractivity contribution in [2.24, 2.45) is 0 Å². The summed E-state index contributed by atoms with van der Waals surface area (Å²) in [6, 6.07) is 3.88. The van der Waals surface area contributed by atoms with Crippen molar-refractivity contribution in [3.8, 4) is 5.75 Å². The summed E-state index contributed by atoms with van der Waals surface area (Å²) in [7, 11) is 0. The van der Waals surface area contributed by atoms with E-state index in [1.165, 1.54) is 0 Å². The van der Waals surface area contributed by atoms with Crippen LogP contribution in [0, 0.1) is 0 Å². The third-order valence-electron chi connectivity index (χ3n) is 3.46. The maximum Gasteiger partial charge on any atom is 0.163 e. The smallest absolute Gasteiger partial charge is 0.163 e. The molecule has 2 aromatic rings. The number of rotatable bonds is 4. The molecular formula is C15H17BrClNO3. The zero-order valence-electron chi connectivity index (χ0n) is 11.9.